The third-order valence-corrected chi connectivity index (χ3v) is 6.69. The molecule has 2 amide bonds. The zero-order chi connectivity index (χ0) is 25.2. The molecule has 0 aromatic heterocycles. The van der Waals surface area contributed by atoms with Crippen molar-refractivity contribution in [3.8, 4) is 11.1 Å². The number of carboxylic acids is 1. The van der Waals surface area contributed by atoms with Crippen LogP contribution in [0.5, 0.6) is 0 Å². The third-order valence-electron chi connectivity index (χ3n) is 6.69. The van der Waals surface area contributed by atoms with Crippen molar-refractivity contribution in [2.24, 2.45) is 5.92 Å². The summed E-state index contributed by atoms with van der Waals surface area (Å²) in [6.07, 6.45) is 0.201. The quantitative estimate of drug-likeness (QED) is 0.581. The van der Waals surface area contributed by atoms with Crippen LogP contribution in [0.2, 0.25) is 0 Å². The maximum atomic E-state index is 14.0. The van der Waals surface area contributed by atoms with Gasteiger partial charge < -0.3 is 20.1 Å². The standard InChI is InChI=1S/C26H28F2N2O5/c1-2-7-16(12-23(31)30-13-22(24(32)33)26(27,28)15-30)29-25(34)35-14-21-19-10-5-3-8-17(19)18-9-4-6-11-20(18)21/h3-6,8-11,16,21-22H,2,7,12-15H2,1H3,(H,29,34)(H,32,33)/t16-,22?/m0/s1. The van der Waals surface area contributed by atoms with E-state index in [1.807, 2.05) is 55.5 Å². The van der Waals surface area contributed by atoms with Crippen LogP contribution >= 0.6 is 0 Å². The van der Waals surface area contributed by atoms with Crippen molar-refractivity contribution in [3.05, 3.63) is 59.7 Å². The van der Waals surface area contributed by atoms with Crippen LogP contribution < -0.4 is 5.32 Å². The van der Waals surface area contributed by atoms with Gasteiger partial charge in [0.1, 0.15) is 12.5 Å². The van der Waals surface area contributed by atoms with E-state index in [2.05, 4.69) is 5.32 Å². The van der Waals surface area contributed by atoms with Crippen LogP contribution in [0.3, 0.4) is 0 Å². The number of aliphatic carboxylic acids is 1. The summed E-state index contributed by atoms with van der Waals surface area (Å²) in [6, 6.07) is 15.3. The van der Waals surface area contributed by atoms with Gasteiger partial charge in [0.25, 0.3) is 5.92 Å². The number of ether oxygens (including phenoxy) is 1. The van der Waals surface area contributed by atoms with Crippen molar-refractivity contribution in [1.29, 1.82) is 0 Å². The van der Waals surface area contributed by atoms with E-state index < -0.39 is 48.9 Å². The number of nitrogens with zero attached hydrogens (tertiary/aromatic N) is 1. The largest absolute Gasteiger partial charge is 0.481 e. The number of halogens is 2. The first-order chi connectivity index (χ1) is 16.7. The van der Waals surface area contributed by atoms with Gasteiger partial charge in [0, 0.05) is 24.9 Å². The van der Waals surface area contributed by atoms with Gasteiger partial charge in [0.15, 0.2) is 0 Å². The molecule has 2 aliphatic rings. The molecule has 1 aliphatic heterocycles. The van der Waals surface area contributed by atoms with Gasteiger partial charge in [-0.05, 0) is 28.7 Å². The molecule has 0 saturated carbocycles. The highest BCUT2D eigenvalue weighted by molar-refractivity contribution is 5.81. The van der Waals surface area contributed by atoms with E-state index in [9.17, 15) is 23.2 Å². The maximum Gasteiger partial charge on any atom is 0.407 e. The summed E-state index contributed by atoms with van der Waals surface area (Å²) < 4.78 is 33.5. The average Bonchev–Trinajstić information content (AvgIpc) is 3.32. The Morgan fingerprint density at radius 2 is 1.71 bits per heavy atom. The number of carboxylic acid groups (broad SMARTS) is 1. The molecule has 1 saturated heterocycles. The second-order valence-electron chi connectivity index (χ2n) is 9.09. The molecule has 9 heteroatoms. The van der Waals surface area contributed by atoms with E-state index in [0.717, 1.165) is 27.2 Å². The Morgan fingerprint density at radius 3 is 2.26 bits per heavy atom. The molecule has 2 atom stereocenters. The van der Waals surface area contributed by atoms with Gasteiger partial charge in [-0.15, -0.1) is 0 Å². The summed E-state index contributed by atoms with van der Waals surface area (Å²) in [6.45, 7) is 0.504. The number of hydrogen-bond acceptors (Lipinski definition) is 4. The number of carbonyl (C=O) groups excluding carboxylic acids is 2. The van der Waals surface area contributed by atoms with E-state index in [-0.39, 0.29) is 18.9 Å². The van der Waals surface area contributed by atoms with Crippen molar-refractivity contribution in [3.63, 3.8) is 0 Å². The SMILES string of the molecule is CCC[C@@H](CC(=O)N1CC(C(=O)O)C(F)(F)C1)NC(=O)OCC1c2ccccc2-c2ccccc21. The molecule has 2 aromatic rings. The number of alkyl halides is 2. The van der Waals surface area contributed by atoms with Crippen LogP contribution in [-0.4, -0.2) is 59.6 Å². The Kier molecular flexibility index (Phi) is 7.05. The van der Waals surface area contributed by atoms with Crippen LogP contribution in [0.4, 0.5) is 13.6 Å². The summed E-state index contributed by atoms with van der Waals surface area (Å²) in [7, 11) is 0. The number of likely N-dealkylation sites (tertiary alicyclic amines) is 1. The first-order valence-corrected chi connectivity index (χ1v) is 11.7. The predicted octanol–water partition coefficient (Wildman–Crippen LogP) is 4.26. The Bertz CT molecular complexity index is 1080. The minimum absolute atomic E-state index is 0.112. The fourth-order valence-corrected chi connectivity index (χ4v) is 4.95. The van der Waals surface area contributed by atoms with Gasteiger partial charge in [-0.3, -0.25) is 9.59 Å². The fraction of sp³-hybridized carbons (Fsp3) is 0.423. The van der Waals surface area contributed by atoms with Crippen LogP contribution in [0.25, 0.3) is 11.1 Å². The number of hydrogen-bond donors (Lipinski definition) is 2. The Labute approximate surface area is 202 Å². The molecule has 2 aromatic carbocycles. The highest BCUT2D eigenvalue weighted by atomic mass is 19.3. The minimum Gasteiger partial charge on any atom is -0.481 e. The van der Waals surface area contributed by atoms with Gasteiger partial charge in [0.05, 0.1) is 6.54 Å². The molecule has 1 aliphatic carbocycles. The molecule has 35 heavy (non-hydrogen) atoms. The number of fused-ring (bicyclic) bond motifs is 3. The van der Waals surface area contributed by atoms with Crippen LogP contribution in [0, 0.1) is 5.92 Å². The van der Waals surface area contributed by atoms with Gasteiger partial charge in [-0.2, -0.15) is 0 Å². The maximum absolute atomic E-state index is 14.0. The number of amides is 2. The van der Waals surface area contributed by atoms with Crippen LogP contribution in [-0.2, 0) is 14.3 Å². The van der Waals surface area contributed by atoms with Crippen molar-refractivity contribution in [2.45, 2.75) is 44.1 Å². The molecule has 0 radical (unpaired) electrons. The normalized spacial score (nSPS) is 19.1. The minimum atomic E-state index is -3.48. The zero-order valence-corrected chi connectivity index (χ0v) is 19.4. The number of alkyl carbamates (subject to hydrolysis) is 1. The second kappa shape index (κ2) is 10.0. The lowest BCUT2D eigenvalue weighted by molar-refractivity contribution is -0.151. The van der Waals surface area contributed by atoms with E-state index >= 15 is 0 Å². The lowest BCUT2D eigenvalue weighted by Gasteiger charge is -2.22. The lowest BCUT2D eigenvalue weighted by Crippen LogP contribution is -2.41. The Morgan fingerprint density at radius 1 is 1.11 bits per heavy atom. The molecule has 1 heterocycles. The molecule has 0 spiro atoms. The second-order valence-corrected chi connectivity index (χ2v) is 9.09. The van der Waals surface area contributed by atoms with Crippen molar-refractivity contribution in [2.75, 3.05) is 19.7 Å². The monoisotopic (exact) mass is 486 g/mol. The summed E-state index contributed by atoms with van der Waals surface area (Å²) in [5, 5.41) is 11.7. The summed E-state index contributed by atoms with van der Waals surface area (Å²) >= 11 is 0. The Balaban J connectivity index is 1.36. The summed E-state index contributed by atoms with van der Waals surface area (Å²) in [4.78, 5) is 37.2. The fourth-order valence-electron chi connectivity index (χ4n) is 4.95. The van der Waals surface area contributed by atoms with Crippen LogP contribution in [0.1, 0.15) is 43.2 Å². The summed E-state index contributed by atoms with van der Waals surface area (Å²) in [5.74, 6) is -7.77. The third kappa shape index (κ3) is 5.13. The van der Waals surface area contributed by atoms with E-state index in [1.54, 1.807) is 0 Å². The molecule has 1 unspecified atom stereocenters. The zero-order valence-electron chi connectivity index (χ0n) is 19.4. The van der Waals surface area contributed by atoms with Crippen molar-refractivity contribution in [1.82, 2.24) is 10.2 Å². The lowest BCUT2D eigenvalue weighted by atomic mass is 9.98. The van der Waals surface area contributed by atoms with Crippen molar-refractivity contribution >= 4 is 18.0 Å². The smallest absolute Gasteiger partial charge is 0.407 e. The topological polar surface area (TPSA) is 95.9 Å². The molecule has 0 bridgehead atoms. The number of rotatable bonds is 8. The van der Waals surface area contributed by atoms with E-state index in [0.29, 0.717) is 12.8 Å². The van der Waals surface area contributed by atoms with Gasteiger partial charge in [-0.1, -0.05) is 61.9 Å². The van der Waals surface area contributed by atoms with Gasteiger partial charge in [-0.25, -0.2) is 13.6 Å². The highest BCUT2D eigenvalue weighted by Crippen LogP contribution is 2.44. The van der Waals surface area contributed by atoms with Crippen LogP contribution in [0.15, 0.2) is 48.5 Å². The molecular formula is C26H28F2N2O5. The number of carbonyl (C=O) groups is 3. The van der Waals surface area contributed by atoms with Gasteiger partial charge in [0.2, 0.25) is 5.91 Å². The van der Waals surface area contributed by atoms with Crippen molar-refractivity contribution < 1.29 is 33.0 Å². The molecule has 1 fully saturated rings. The first-order valence-electron chi connectivity index (χ1n) is 11.7. The average molecular weight is 487 g/mol. The first kappa shape index (κ1) is 24.6. The van der Waals surface area contributed by atoms with Gasteiger partial charge >= 0.3 is 12.1 Å². The van der Waals surface area contributed by atoms with E-state index in [1.165, 1.54) is 0 Å². The molecule has 4 rings (SSSR count). The molecule has 7 nitrogen and oxygen atoms in total. The molecule has 186 valence electrons. The number of benzene rings is 2. The molecule has 2 N–H and O–H groups in total. The number of nitrogens with one attached hydrogen (secondary N) is 1. The summed E-state index contributed by atoms with van der Waals surface area (Å²) in [5.41, 5.74) is 4.36. The predicted molar refractivity (Wildman–Crippen MR) is 124 cm³/mol. The Hall–Kier alpha value is -3.49. The van der Waals surface area contributed by atoms with E-state index in [4.69, 9.17) is 9.84 Å². The molecular weight excluding hydrogens is 458 g/mol. The highest BCUT2D eigenvalue weighted by Gasteiger charge is 2.53.